The van der Waals surface area contributed by atoms with Gasteiger partial charge < -0.3 is 10.5 Å². The van der Waals surface area contributed by atoms with Crippen LogP contribution in [0.25, 0.3) is 0 Å². The summed E-state index contributed by atoms with van der Waals surface area (Å²) in [6.07, 6.45) is 1.01. The van der Waals surface area contributed by atoms with E-state index in [-0.39, 0.29) is 6.04 Å². The van der Waals surface area contributed by atoms with Crippen LogP contribution in [-0.4, -0.2) is 29.6 Å². The summed E-state index contributed by atoms with van der Waals surface area (Å²) in [6, 6.07) is 8.07. The van der Waals surface area contributed by atoms with Gasteiger partial charge in [0.05, 0.1) is 17.6 Å². The summed E-state index contributed by atoms with van der Waals surface area (Å²) < 4.78 is 5.59. The number of likely N-dealkylation sites (N-methyl/N-ethyl adjacent to an activating group) is 1. The minimum atomic E-state index is 0.00484. The first kappa shape index (κ1) is 15.9. The zero-order valence-corrected chi connectivity index (χ0v) is 12.9. The molecule has 0 saturated heterocycles. The second kappa shape index (κ2) is 8.12. The van der Waals surface area contributed by atoms with Gasteiger partial charge in [-0.15, -0.1) is 0 Å². The summed E-state index contributed by atoms with van der Waals surface area (Å²) in [5.74, 6) is 0.895. The molecule has 19 heavy (non-hydrogen) atoms. The van der Waals surface area contributed by atoms with Crippen LogP contribution in [0.3, 0.4) is 0 Å². The second-order valence-corrected chi connectivity index (χ2v) is 4.92. The molecular formula is C15H24N2OS. The number of ether oxygens (including phenoxy) is 1. The highest BCUT2D eigenvalue weighted by Crippen LogP contribution is 2.23. The summed E-state index contributed by atoms with van der Waals surface area (Å²) in [7, 11) is 0. The minimum absolute atomic E-state index is 0.00484. The van der Waals surface area contributed by atoms with E-state index >= 15 is 0 Å². The highest BCUT2D eigenvalue weighted by molar-refractivity contribution is 7.80. The van der Waals surface area contributed by atoms with Crippen molar-refractivity contribution in [1.29, 1.82) is 0 Å². The Labute approximate surface area is 121 Å². The Morgan fingerprint density at radius 3 is 2.21 bits per heavy atom. The quantitative estimate of drug-likeness (QED) is 0.742. The Balaban J connectivity index is 2.88. The summed E-state index contributed by atoms with van der Waals surface area (Å²) in [5, 5.41) is 0. The predicted octanol–water partition coefficient (Wildman–Crippen LogP) is 3.14. The van der Waals surface area contributed by atoms with E-state index in [1.54, 1.807) is 0 Å². The van der Waals surface area contributed by atoms with Gasteiger partial charge in [-0.2, -0.15) is 0 Å². The molecule has 1 atom stereocenters. The number of rotatable bonds is 8. The van der Waals surface area contributed by atoms with Crippen molar-refractivity contribution in [2.24, 2.45) is 5.73 Å². The summed E-state index contributed by atoms with van der Waals surface area (Å²) >= 11 is 5.22. The van der Waals surface area contributed by atoms with Crippen LogP contribution in [0.1, 0.15) is 38.8 Å². The largest absolute Gasteiger partial charge is 0.494 e. The first-order chi connectivity index (χ1) is 9.13. The van der Waals surface area contributed by atoms with Crippen LogP contribution in [0.4, 0.5) is 0 Å². The Morgan fingerprint density at radius 1 is 1.21 bits per heavy atom. The molecule has 0 radical (unpaired) electrons. The Hall–Kier alpha value is -1.13. The summed E-state index contributed by atoms with van der Waals surface area (Å²) in [6.45, 7) is 8.92. The average Bonchev–Trinajstić information content (AvgIpc) is 2.42. The van der Waals surface area contributed by atoms with Crippen molar-refractivity contribution >= 4 is 17.2 Å². The van der Waals surface area contributed by atoms with Crippen molar-refractivity contribution in [2.75, 3.05) is 19.7 Å². The van der Waals surface area contributed by atoms with Crippen LogP contribution in [-0.2, 0) is 0 Å². The lowest BCUT2D eigenvalue weighted by atomic mass is 10.0. The number of thiocarbonyl (C=S) groups is 1. The van der Waals surface area contributed by atoms with E-state index in [0.29, 0.717) is 4.99 Å². The first-order valence-corrected chi connectivity index (χ1v) is 7.30. The summed E-state index contributed by atoms with van der Waals surface area (Å²) in [5.41, 5.74) is 7.02. The molecule has 106 valence electrons. The zero-order valence-electron chi connectivity index (χ0n) is 12.1. The van der Waals surface area contributed by atoms with E-state index in [4.69, 9.17) is 22.7 Å². The number of nitrogens with zero attached hydrogens (tertiary/aromatic N) is 1. The van der Waals surface area contributed by atoms with Crippen molar-refractivity contribution in [3.8, 4) is 5.75 Å². The molecule has 0 fully saturated rings. The first-order valence-electron chi connectivity index (χ1n) is 6.90. The van der Waals surface area contributed by atoms with Gasteiger partial charge >= 0.3 is 0 Å². The van der Waals surface area contributed by atoms with Crippen LogP contribution in [0.5, 0.6) is 5.75 Å². The topological polar surface area (TPSA) is 38.5 Å². The molecule has 1 rings (SSSR count). The molecule has 0 saturated carbocycles. The lowest BCUT2D eigenvalue weighted by Crippen LogP contribution is -2.36. The van der Waals surface area contributed by atoms with Crippen LogP contribution < -0.4 is 10.5 Å². The van der Waals surface area contributed by atoms with Crippen molar-refractivity contribution < 1.29 is 4.74 Å². The molecule has 0 bridgehead atoms. The maximum absolute atomic E-state index is 5.90. The average molecular weight is 280 g/mol. The second-order valence-electron chi connectivity index (χ2n) is 4.44. The molecule has 0 aliphatic rings. The van der Waals surface area contributed by atoms with Gasteiger partial charge in [-0.25, -0.2) is 0 Å². The predicted molar refractivity (Wildman–Crippen MR) is 84.7 cm³/mol. The van der Waals surface area contributed by atoms with Gasteiger partial charge in [-0.1, -0.05) is 45.1 Å². The van der Waals surface area contributed by atoms with E-state index in [1.165, 1.54) is 0 Å². The molecule has 0 heterocycles. The van der Waals surface area contributed by atoms with Gasteiger partial charge in [0.25, 0.3) is 0 Å². The third kappa shape index (κ3) is 4.48. The van der Waals surface area contributed by atoms with Crippen LogP contribution in [0.2, 0.25) is 0 Å². The van der Waals surface area contributed by atoms with E-state index < -0.39 is 0 Å². The van der Waals surface area contributed by atoms with E-state index in [9.17, 15) is 0 Å². The van der Waals surface area contributed by atoms with Gasteiger partial charge in [-0.05, 0) is 37.2 Å². The Bertz CT molecular complexity index is 388. The molecule has 1 unspecified atom stereocenters. The van der Waals surface area contributed by atoms with E-state index in [2.05, 4.69) is 25.7 Å². The van der Waals surface area contributed by atoms with Crippen molar-refractivity contribution in [2.45, 2.75) is 33.2 Å². The van der Waals surface area contributed by atoms with Crippen LogP contribution >= 0.6 is 12.2 Å². The molecule has 0 aliphatic carbocycles. The maximum atomic E-state index is 5.90. The molecule has 0 spiro atoms. The van der Waals surface area contributed by atoms with Gasteiger partial charge in [0.15, 0.2) is 0 Å². The molecule has 1 aromatic carbocycles. The fourth-order valence-electron chi connectivity index (χ4n) is 2.11. The molecule has 2 N–H and O–H groups in total. The van der Waals surface area contributed by atoms with Crippen LogP contribution in [0, 0.1) is 0 Å². The molecule has 0 aromatic heterocycles. The smallest absolute Gasteiger partial charge is 0.119 e. The normalized spacial score (nSPS) is 12.4. The summed E-state index contributed by atoms with van der Waals surface area (Å²) in [4.78, 5) is 2.77. The molecule has 0 aliphatic heterocycles. The van der Waals surface area contributed by atoms with E-state index in [0.717, 1.165) is 37.4 Å². The molecular weight excluding hydrogens is 256 g/mol. The van der Waals surface area contributed by atoms with Crippen molar-refractivity contribution in [3.05, 3.63) is 29.8 Å². The van der Waals surface area contributed by atoms with Gasteiger partial charge in [-0.3, -0.25) is 4.90 Å². The Kier molecular flexibility index (Phi) is 6.81. The fourth-order valence-corrected chi connectivity index (χ4v) is 2.40. The third-order valence-corrected chi connectivity index (χ3v) is 3.34. The van der Waals surface area contributed by atoms with Gasteiger partial charge in [0.2, 0.25) is 0 Å². The number of nitrogens with two attached hydrogens (primary N) is 1. The van der Waals surface area contributed by atoms with Crippen molar-refractivity contribution in [3.63, 3.8) is 0 Å². The fraction of sp³-hybridized carbons (Fsp3) is 0.533. The highest BCUT2D eigenvalue weighted by Gasteiger charge is 2.20. The highest BCUT2D eigenvalue weighted by atomic mass is 32.1. The van der Waals surface area contributed by atoms with Crippen LogP contribution in [0.15, 0.2) is 24.3 Å². The zero-order chi connectivity index (χ0) is 14.3. The maximum Gasteiger partial charge on any atom is 0.119 e. The number of hydrogen-bond acceptors (Lipinski definition) is 3. The number of benzene rings is 1. The lowest BCUT2D eigenvalue weighted by Gasteiger charge is -2.29. The van der Waals surface area contributed by atoms with Gasteiger partial charge in [0.1, 0.15) is 5.75 Å². The SMILES string of the molecule is CCCOc1ccc(C(C(N)=S)N(CC)CC)cc1. The molecule has 1 aromatic rings. The van der Waals surface area contributed by atoms with E-state index in [1.807, 2.05) is 24.3 Å². The third-order valence-electron chi connectivity index (χ3n) is 3.12. The number of hydrogen-bond donors (Lipinski definition) is 1. The lowest BCUT2D eigenvalue weighted by molar-refractivity contribution is 0.271. The standard InChI is InChI=1S/C15H24N2OS/c1-4-11-18-13-9-7-12(8-10-13)14(15(16)19)17(5-2)6-3/h7-10,14H,4-6,11H2,1-3H3,(H2,16,19). The molecule has 3 nitrogen and oxygen atoms in total. The van der Waals surface area contributed by atoms with Crippen molar-refractivity contribution in [1.82, 2.24) is 4.90 Å². The Morgan fingerprint density at radius 2 is 1.79 bits per heavy atom. The molecule has 0 amide bonds. The molecule has 4 heteroatoms. The van der Waals surface area contributed by atoms with Gasteiger partial charge in [0, 0.05) is 0 Å². The monoisotopic (exact) mass is 280 g/mol. The minimum Gasteiger partial charge on any atom is -0.494 e.